The number of aliphatic hydroxyl groups excluding tert-OH is 1. The summed E-state index contributed by atoms with van der Waals surface area (Å²) in [6.07, 6.45) is 0.566. The number of aromatic nitrogens is 2. The van der Waals surface area contributed by atoms with E-state index in [2.05, 4.69) is 26.3 Å². The van der Waals surface area contributed by atoms with Gasteiger partial charge in [0.05, 0.1) is 37.4 Å². The van der Waals surface area contributed by atoms with Gasteiger partial charge in [0.2, 0.25) is 0 Å². The highest BCUT2D eigenvalue weighted by molar-refractivity contribution is 9.10. The molecule has 152 valence electrons. The molecule has 1 amide bonds. The summed E-state index contributed by atoms with van der Waals surface area (Å²) in [6.45, 7) is 1.84. The molecule has 0 saturated carbocycles. The molecule has 0 fully saturated rings. The lowest BCUT2D eigenvalue weighted by molar-refractivity contribution is 0.0914. The Labute approximate surface area is 177 Å². The minimum Gasteiger partial charge on any atom is -0.497 e. The molecule has 1 aromatic heterocycles. The maximum absolute atomic E-state index is 12.6. The molecular formula is C21H22BrN3O4. The average Bonchev–Trinajstić information content (AvgIpc) is 3.13. The van der Waals surface area contributed by atoms with Crippen molar-refractivity contribution in [3.8, 4) is 17.2 Å². The van der Waals surface area contributed by atoms with Gasteiger partial charge in [0, 0.05) is 16.6 Å². The third kappa shape index (κ3) is 4.60. The van der Waals surface area contributed by atoms with E-state index >= 15 is 0 Å². The Balaban J connectivity index is 1.72. The zero-order chi connectivity index (χ0) is 21.0. The highest BCUT2D eigenvalue weighted by Crippen LogP contribution is 2.29. The molecule has 1 atom stereocenters. The highest BCUT2D eigenvalue weighted by atomic mass is 79.9. The van der Waals surface area contributed by atoms with Crippen LogP contribution in [0.3, 0.4) is 0 Å². The number of nitrogens with zero attached hydrogens (tertiary/aromatic N) is 2. The molecule has 3 rings (SSSR count). The van der Waals surface area contributed by atoms with Crippen molar-refractivity contribution in [1.29, 1.82) is 0 Å². The first-order valence-electron chi connectivity index (χ1n) is 8.93. The summed E-state index contributed by atoms with van der Waals surface area (Å²) in [6, 6.07) is 12.8. The fourth-order valence-corrected chi connectivity index (χ4v) is 3.23. The number of methoxy groups -OCH3 is 2. The highest BCUT2D eigenvalue weighted by Gasteiger charge is 2.19. The molecule has 0 bridgehead atoms. The summed E-state index contributed by atoms with van der Waals surface area (Å²) in [5.41, 5.74) is 2.54. The van der Waals surface area contributed by atoms with E-state index in [0.717, 1.165) is 10.2 Å². The Hall–Kier alpha value is -2.84. The van der Waals surface area contributed by atoms with E-state index in [9.17, 15) is 9.90 Å². The molecule has 29 heavy (non-hydrogen) atoms. The normalized spacial score (nSPS) is 11.8. The van der Waals surface area contributed by atoms with Gasteiger partial charge in [-0.05, 0) is 49.4 Å². The first-order valence-corrected chi connectivity index (χ1v) is 9.72. The van der Waals surface area contributed by atoms with E-state index in [1.165, 1.54) is 13.3 Å². The Bertz CT molecular complexity index is 1000. The minimum absolute atomic E-state index is 0.0191. The maximum atomic E-state index is 12.6. The van der Waals surface area contributed by atoms with Crippen molar-refractivity contribution >= 4 is 21.8 Å². The van der Waals surface area contributed by atoms with Gasteiger partial charge in [0.1, 0.15) is 17.6 Å². The lowest BCUT2D eigenvalue weighted by Gasteiger charge is -2.16. The van der Waals surface area contributed by atoms with E-state index < -0.39 is 6.10 Å². The summed E-state index contributed by atoms with van der Waals surface area (Å²) in [7, 11) is 3.07. The summed E-state index contributed by atoms with van der Waals surface area (Å²) >= 11 is 3.40. The third-order valence-corrected chi connectivity index (χ3v) is 5.11. The Morgan fingerprint density at radius 3 is 2.59 bits per heavy atom. The van der Waals surface area contributed by atoms with E-state index in [4.69, 9.17) is 9.47 Å². The number of halogens is 1. The third-order valence-electron chi connectivity index (χ3n) is 4.58. The number of carbonyl (C=O) groups is 1. The van der Waals surface area contributed by atoms with Crippen molar-refractivity contribution in [1.82, 2.24) is 15.1 Å². The second kappa shape index (κ2) is 9.11. The zero-order valence-corrected chi connectivity index (χ0v) is 17.9. The van der Waals surface area contributed by atoms with E-state index in [0.29, 0.717) is 28.3 Å². The number of ether oxygens (including phenoxy) is 2. The molecule has 0 saturated heterocycles. The van der Waals surface area contributed by atoms with Gasteiger partial charge in [-0.15, -0.1) is 0 Å². The molecule has 1 heterocycles. The molecule has 2 aromatic carbocycles. The monoisotopic (exact) mass is 459 g/mol. The van der Waals surface area contributed by atoms with Gasteiger partial charge in [-0.25, -0.2) is 4.68 Å². The largest absolute Gasteiger partial charge is 0.497 e. The molecule has 8 heteroatoms. The van der Waals surface area contributed by atoms with Crippen LogP contribution in [0.5, 0.6) is 11.5 Å². The molecule has 0 aliphatic heterocycles. The van der Waals surface area contributed by atoms with Crippen molar-refractivity contribution in [2.45, 2.75) is 13.0 Å². The summed E-state index contributed by atoms with van der Waals surface area (Å²) in [5, 5.41) is 17.6. The van der Waals surface area contributed by atoms with Crippen LogP contribution in [0.1, 0.15) is 27.7 Å². The van der Waals surface area contributed by atoms with Gasteiger partial charge in [-0.2, -0.15) is 5.10 Å². The first-order chi connectivity index (χ1) is 13.9. The lowest BCUT2D eigenvalue weighted by Crippen LogP contribution is -2.29. The Morgan fingerprint density at radius 2 is 1.93 bits per heavy atom. The fraction of sp³-hybridized carbons (Fsp3) is 0.238. The van der Waals surface area contributed by atoms with Crippen LogP contribution in [-0.2, 0) is 0 Å². The van der Waals surface area contributed by atoms with Crippen LogP contribution < -0.4 is 14.8 Å². The number of amides is 1. The van der Waals surface area contributed by atoms with Crippen LogP contribution in [0.2, 0.25) is 0 Å². The van der Waals surface area contributed by atoms with E-state index in [-0.39, 0.29) is 12.5 Å². The van der Waals surface area contributed by atoms with Crippen LogP contribution in [0.4, 0.5) is 0 Å². The molecule has 0 radical (unpaired) electrons. The van der Waals surface area contributed by atoms with Crippen molar-refractivity contribution in [3.05, 3.63) is 70.0 Å². The molecule has 0 aliphatic carbocycles. The van der Waals surface area contributed by atoms with Crippen molar-refractivity contribution in [3.63, 3.8) is 0 Å². The first kappa shape index (κ1) is 20.9. The molecule has 0 spiro atoms. The Kier molecular flexibility index (Phi) is 6.56. The van der Waals surface area contributed by atoms with E-state index in [1.54, 1.807) is 30.0 Å². The second-order valence-electron chi connectivity index (χ2n) is 6.37. The van der Waals surface area contributed by atoms with Gasteiger partial charge < -0.3 is 19.9 Å². The minimum atomic E-state index is -0.953. The van der Waals surface area contributed by atoms with Gasteiger partial charge >= 0.3 is 0 Å². The van der Waals surface area contributed by atoms with Crippen LogP contribution in [0.25, 0.3) is 5.69 Å². The van der Waals surface area contributed by atoms with E-state index in [1.807, 2.05) is 31.2 Å². The quantitative estimate of drug-likeness (QED) is 0.565. The van der Waals surface area contributed by atoms with Crippen LogP contribution >= 0.6 is 15.9 Å². The van der Waals surface area contributed by atoms with Gasteiger partial charge in [-0.1, -0.05) is 15.9 Å². The molecule has 0 aliphatic rings. The number of aliphatic hydroxyl groups is 1. The van der Waals surface area contributed by atoms with Gasteiger partial charge in [-0.3, -0.25) is 4.79 Å². The van der Waals surface area contributed by atoms with Crippen molar-refractivity contribution in [2.24, 2.45) is 0 Å². The van der Waals surface area contributed by atoms with Gasteiger partial charge in [0.25, 0.3) is 5.91 Å². The molecular weight excluding hydrogens is 438 g/mol. The SMILES string of the molecule is COc1ccc(OC)c(C(O)CNC(=O)c2cnn(-c3ccc(Br)cc3)c2C)c1. The molecule has 3 aromatic rings. The molecule has 1 unspecified atom stereocenters. The van der Waals surface area contributed by atoms with Crippen molar-refractivity contribution in [2.75, 3.05) is 20.8 Å². The standard InChI is InChI=1S/C21H22BrN3O4/c1-13-18(11-24-25(13)15-6-4-14(22)5-7-15)21(27)23-12-19(26)17-10-16(28-2)8-9-20(17)29-3/h4-11,19,26H,12H2,1-3H3,(H,23,27). The number of hydrogen-bond donors (Lipinski definition) is 2. The lowest BCUT2D eigenvalue weighted by atomic mass is 10.1. The van der Waals surface area contributed by atoms with Gasteiger partial charge in [0.15, 0.2) is 0 Å². The van der Waals surface area contributed by atoms with Crippen LogP contribution in [0, 0.1) is 6.92 Å². The Morgan fingerprint density at radius 1 is 1.21 bits per heavy atom. The van der Waals surface area contributed by atoms with Crippen LogP contribution in [0.15, 0.2) is 53.1 Å². The summed E-state index contributed by atoms with van der Waals surface area (Å²) in [5.74, 6) is 0.802. The molecule has 7 nitrogen and oxygen atoms in total. The number of carbonyl (C=O) groups excluding carboxylic acids is 1. The molecule has 2 N–H and O–H groups in total. The predicted molar refractivity (Wildman–Crippen MR) is 113 cm³/mol. The average molecular weight is 460 g/mol. The topological polar surface area (TPSA) is 85.6 Å². The van der Waals surface area contributed by atoms with Crippen molar-refractivity contribution < 1.29 is 19.4 Å². The summed E-state index contributed by atoms with van der Waals surface area (Å²) < 4.78 is 13.2. The van der Waals surface area contributed by atoms with Crippen LogP contribution in [-0.4, -0.2) is 41.6 Å². The number of nitrogens with one attached hydrogen (secondary N) is 1. The number of benzene rings is 2. The zero-order valence-electron chi connectivity index (χ0n) is 16.3. The smallest absolute Gasteiger partial charge is 0.254 e. The second-order valence-corrected chi connectivity index (χ2v) is 7.28. The fourth-order valence-electron chi connectivity index (χ4n) is 2.97. The summed E-state index contributed by atoms with van der Waals surface area (Å²) in [4.78, 5) is 12.6. The maximum Gasteiger partial charge on any atom is 0.254 e. The predicted octanol–water partition coefficient (Wildman–Crippen LogP) is 3.42. The number of hydrogen-bond acceptors (Lipinski definition) is 5. The number of rotatable bonds is 7.